The highest BCUT2D eigenvalue weighted by molar-refractivity contribution is 6.08. The number of benzene rings is 3. The molecule has 0 saturated carbocycles. The van der Waals surface area contributed by atoms with Gasteiger partial charge in [-0.25, -0.2) is 4.79 Å². The largest absolute Gasteiger partial charge is 0.461 e. The maximum Gasteiger partial charge on any atom is 0.355 e. The maximum absolute atomic E-state index is 13.0. The fourth-order valence-electron chi connectivity index (χ4n) is 3.67. The summed E-state index contributed by atoms with van der Waals surface area (Å²) in [5, 5.41) is 0.977. The Kier molecular flexibility index (Phi) is 5.25. The number of para-hydroxylation sites is 1. The molecule has 0 atom stereocenters. The summed E-state index contributed by atoms with van der Waals surface area (Å²) in [6.45, 7) is 2.66. The molecule has 0 saturated heterocycles. The number of carbonyl (C=O) groups excluding carboxylic acids is 2. The Labute approximate surface area is 169 Å². The van der Waals surface area contributed by atoms with Gasteiger partial charge >= 0.3 is 5.97 Å². The van der Waals surface area contributed by atoms with Gasteiger partial charge < -0.3 is 9.30 Å². The molecule has 1 aromatic heterocycles. The van der Waals surface area contributed by atoms with Crippen LogP contribution in [0.4, 0.5) is 0 Å². The molecule has 0 aliphatic heterocycles. The summed E-state index contributed by atoms with van der Waals surface area (Å²) in [6.07, 6.45) is 0.814. The molecule has 0 fully saturated rings. The van der Waals surface area contributed by atoms with Crippen molar-refractivity contribution in [2.75, 3.05) is 6.61 Å². The molecule has 4 rings (SSSR count). The summed E-state index contributed by atoms with van der Waals surface area (Å²) >= 11 is 0. The van der Waals surface area contributed by atoms with Gasteiger partial charge in [0.15, 0.2) is 0 Å². The highest BCUT2D eigenvalue weighted by atomic mass is 16.5. The Bertz CT molecular complexity index is 1160. The van der Waals surface area contributed by atoms with E-state index < -0.39 is 0 Å². The van der Waals surface area contributed by atoms with Crippen molar-refractivity contribution in [1.29, 1.82) is 0 Å². The normalized spacial score (nSPS) is 10.8. The fourth-order valence-corrected chi connectivity index (χ4v) is 3.67. The first-order valence-electron chi connectivity index (χ1n) is 9.60. The van der Waals surface area contributed by atoms with Crippen LogP contribution in [0.25, 0.3) is 22.0 Å². The minimum atomic E-state index is -0.353. The first kappa shape index (κ1) is 18.7. The van der Waals surface area contributed by atoms with E-state index in [0.717, 1.165) is 33.9 Å². The third kappa shape index (κ3) is 3.57. The van der Waals surface area contributed by atoms with Gasteiger partial charge in [-0.15, -0.1) is 0 Å². The van der Waals surface area contributed by atoms with Crippen LogP contribution in [-0.4, -0.2) is 23.4 Å². The highest BCUT2D eigenvalue weighted by Gasteiger charge is 2.24. The molecule has 3 aromatic carbocycles. The zero-order chi connectivity index (χ0) is 20.2. The average molecular weight is 383 g/mol. The van der Waals surface area contributed by atoms with E-state index in [9.17, 15) is 9.59 Å². The van der Waals surface area contributed by atoms with Crippen molar-refractivity contribution in [3.8, 4) is 11.1 Å². The topological polar surface area (TPSA) is 48.3 Å². The van der Waals surface area contributed by atoms with E-state index in [4.69, 9.17) is 4.74 Å². The second-order valence-electron chi connectivity index (χ2n) is 6.77. The van der Waals surface area contributed by atoms with Crippen molar-refractivity contribution in [2.45, 2.75) is 13.5 Å². The van der Waals surface area contributed by atoms with Crippen molar-refractivity contribution in [3.05, 3.63) is 95.7 Å². The third-order valence-electron chi connectivity index (χ3n) is 4.96. The summed E-state index contributed by atoms with van der Waals surface area (Å²) in [5.41, 5.74) is 4.89. The quantitative estimate of drug-likeness (QED) is 0.333. The van der Waals surface area contributed by atoms with Crippen molar-refractivity contribution < 1.29 is 14.3 Å². The second-order valence-corrected chi connectivity index (χ2v) is 6.77. The minimum Gasteiger partial charge on any atom is -0.461 e. The summed E-state index contributed by atoms with van der Waals surface area (Å²) in [4.78, 5) is 24.1. The Hall–Kier alpha value is -3.66. The van der Waals surface area contributed by atoms with E-state index in [1.165, 1.54) is 0 Å². The smallest absolute Gasteiger partial charge is 0.355 e. The van der Waals surface area contributed by atoms with Gasteiger partial charge in [0.2, 0.25) is 0 Å². The van der Waals surface area contributed by atoms with Crippen molar-refractivity contribution in [3.63, 3.8) is 0 Å². The van der Waals surface area contributed by atoms with Gasteiger partial charge in [-0.1, -0.05) is 72.8 Å². The fraction of sp³-hybridized carbons (Fsp3) is 0.120. The van der Waals surface area contributed by atoms with E-state index in [-0.39, 0.29) is 5.97 Å². The highest BCUT2D eigenvalue weighted by Crippen LogP contribution is 2.36. The van der Waals surface area contributed by atoms with Crippen LogP contribution < -0.4 is 0 Å². The average Bonchev–Trinajstić information content (AvgIpc) is 3.09. The lowest BCUT2D eigenvalue weighted by Gasteiger charge is -2.12. The first-order valence-corrected chi connectivity index (χ1v) is 9.60. The van der Waals surface area contributed by atoms with Gasteiger partial charge in [-0.05, 0) is 24.1 Å². The molecule has 0 aliphatic carbocycles. The number of ether oxygens (including phenoxy) is 1. The lowest BCUT2D eigenvalue weighted by atomic mass is 10.0. The summed E-state index contributed by atoms with van der Waals surface area (Å²) < 4.78 is 7.45. The number of hydrogen-bond donors (Lipinski definition) is 0. The SMILES string of the molecule is CCOC(=O)c1c(-c2ccc(C=O)cc2)c2ccccc2n1Cc1ccccc1. The van der Waals surface area contributed by atoms with Crippen molar-refractivity contribution in [1.82, 2.24) is 4.57 Å². The van der Waals surface area contributed by atoms with E-state index in [0.29, 0.717) is 24.4 Å². The monoisotopic (exact) mass is 383 g/mol. The van der Waals surface area contributed by atoms with Gasteiger partial charge in [-0.2, -0.15) is 0 Å². The summed E-state index contributed by atoms with van der Waals surface area (Å²) in [7, 11) is 0. The third-order valence-corrected chi connectivity index (χ3v) is 4.96. The van der Waals surface area contributed by atoms with E-state index in [2.05, 4.69) is 0 Å². The Balaban J connectivity index is 1.99. The molecular formula is C25H21NO3. The molecule has 144 valence electrons. The standard InChI is InChI=1S/C25H21NO3/c1-2-29-25(28)24-23(20-14-12-19(17-27)13-15-20)21-10-6-7-11-22(21)26(24)16-18-8-4-3-5-9-18/h3-15,17H,2,16H2,1H3. The molecule has 0 N–H and O–H groups in total. The van der Waals surface area contributed by atoms with E-state index in [1.807, 2.05) is 71.3 Å². The Morgan fingerprint density at radius 3 is 2.31 bits per heavy atom. The molecule has 0 amide bonds. The zero-order valence-corrected chi connectivity index (χ0v) is 16.2. The van der Waals surface area contributed by atoms with Crippen LogP contribution in [0.2, 0.25) is 0 Å². The van der Waals surface area contributed by atoms with Crippen LogP contribution in [-0.2, 0) is 11.3 Å². The Morgan fingerprint density at radius 2 is 1.62 bits per heavy atom. The molecule has 0 spiro atoms. The van der Waals surface area contributed by atoms with Crippen LogP contribution in [0.1, 0.15) is 33.3 Å². The maximum atomic E-state index is 13.0. The minimum absolute atomic E-state index is 0.301. The molecule has 4 nitrogen and oxygen atoms in total. The molecule has 4 aromatic rings. The number of aldehydes is 1. The van der Waals surface area contributed by atoms with Gasteiger partial charge in [0.1, 0.15) is 12.0 Å². The van der Waals surface area contributed by atoms with E-state index in [1.54, 1.807) is 19.1 Å². The predicted octanol–water partition coefficient (Wildman–Crippen LogP) is 5.35. The zero-order valence-electron chi connectivity index (χ0n) is 16.2. The lowest BCUT2D eigenvalue weighted by molar-refractivity contribution is 0.0516. The van der Waals surface area contributed by atoms with Crippen molar-refractivity contribution >= 4 is 23.2 Å². The number of aromatic nitrogens is 1. The van der Waals surface area contributed by atoms with Crippen LogP contribution in [0, 0.1) is 0 Å². The van der Waals surface area contributed by atoms with Crippen LogP contribution in [0.5, 0.6) is 0 Å². The number of rotatable bonds is 6. The van der Waals surface area contributed by atoms with Crippen LogP contribution in [0.15, 0.2) is 78.9 Å². The molecule has 4 heteroatoms. The molecular weight excluding hydrogens is 362 g/mol. The molecule has 29 heavy (non-hydrogen) atoms. The lowest BCUT2D eigenvalue weighted by Crippen LogP contribution is -2.14. The molecule has 0 radical (unpaired) electrons. The van der Waals surface area contributed by atoms with Gasteiger partial charge in [0, 0.05) is 28.6 Å². The number of nitrogens with zero attached hydrogens (tertiary/aromatic N) is 1. The summed E-state index contributed by atoms with van der Waals surface area (Å²) in [5.74, 6) is -0.353. The molecule has 0 aliphatic rings. The van der Waals surface area contributed by atoms with Gasteiger partial charge in [-0.3, -0.25) is 4.79 Å². The van der Waals surface area contributed by atoms with Crippen LogP contribution in [0.3, 0.4) is 0 Å². The number of esters is 1. The van der Waals surface area contributed by atoms with Crippen molar-refractivity contribution in [2.24, 2.45) is 0 Å². The number of hydrogen-bond acceptors (Lipinski definition) is 3. The summed E-state index contributed by atoms with van der Waals surface area (Å²) in [6, 6.07) is 25.3. The number of fused-ring (bicyclic) bond motifs is 1. The van der Waals surface area contributed by atoms with Gasteiger partial charge in [0.05, 0.1) is 6.61 Å². The second kappa shape index (κ2) is 8.15. The molecule has 0 unspecified atom stereocenters. The molecule has 1 heterocycles. The Morgan fingerprint density at radius 1 is 0.931 bits per heavy atom. The first-order chi connectivity index (χ1) is 14.2. The number of carbonyl (C=O) groups is 2. The molecule has 0 bridgehead atoms. The van der Waals surface area contributed by atoms with Crippen LogP contribution >= 0.6 is 0 Å². The van der Waals surface area contributed by atoms with Gasteiger partial charge in [0.25, 0.3) is 0 Å². The van der Waals surface area contributed by atoms with E-state index >= 15 is 0 Å². The predicted molar refractivity (Wildman–Crippen MR) is 114 cm³/mol.